The van der Waals surface area contributed by atoms with Crippen molar-refractivity contribution in [3.8, 4) is 23.0 Å². The molecule has 246 valence electrons. The maximum absolute atomic E-state index is 14.2. The summed E-state index contributed by atoms with van der Waals surface area (Å²) in [5.74, 6) is 0.985. The SMILES string of the molecule is CCOC(=O)C1=C(C)N=c2s/c(=C\c3cc(Cl)c(OCc4ccc(Cl)cc4Cl)c(OC)c3)c(=O)n2[C@H]1c1cc(OC)c(OC)cc1Br. The van der Waals surface area contributed by atoms with Crippen molar-refractivity contribution >= 4 is 74.1 Å². The van der Waals surface area contributed by atoms with E-state index in [0.29, 0.717) is 69.2 Å². The zero-order valence-electron chi connectivity index (χ0n) is 25.8. The number of ether oxygens (including phenoxy) is 5. The second-order valence-electron chi connectivity index (χ2n) is 10.1. The highest BCUT2D eigenvalue weighted by molar-refractivity contribution is 9.10. The molecule has 0 saturated carbocycles. The molecule has 0 saturated heterocycles. The standard InChI is InChI=1S/C33H28BrCl3N2O7S/c1-6-45-32(41)28-16(2)38-33-39(29(28)20-13-24(42-3)25(43-4)14-21(20)34)31(40)27(47-33)11-17-9-23(37)30(26(10-17)44-5)46-15-18-7-8-19(35)12-22(18)36/h7-14,29H,6,15H2,1-5H3/b27-11-/t29-/m0/s1. The number of rotatable bonds is 10. The summed E-state index contributed by atoms with van der Waals surface area (Å²) in [6, 6.07) is 11.1. The molecule has 14 heteroatoms. The number of esters is 1. The quantitative estimate of drug-likeness (QED) is 0.158. The highest BCUT2D eigenvalue weighted by Crippen LogP contribution is 2.41. The first-order valence-corrected chi connectivity index (χ1v) is 16.8. The molecule has 1 aromatic heterocycles. The summed E-state index contributed by atoms with van der Waals surface area (Å²) in [6.07, 6.45) is 1.68. The number of fused-ring (bicyclic) bond motifs is 1. The molecule has 0 spiro atoms. The van der Waals surface area contributed by atoms with Crippen molar-refractivity contribution in [2.24, 2.45) is 4.99 Å². The molecule has 3 aromatic carbocycles. The van der Waals surface area contributed by atoms with E-state index in [2.05, 4.69) is 20.9 Å². The molecular weight excluding hydrogens is 755 g/mol. The van der Waals surface area contributed by atoms with E-state index in [1.807, 2.05) is 0 Å². The molecule has 5 rings (SSSR count). The summed E-state index contributed by atoms with van der Waals surface area (Å²) in [7, 11) is 4.53. The van der Waals surface area contributed by atoms with Gasteiger partial charge in [0.2, 0.25) is 0 Å². The molecule has 0 bridgehead atoms. The number of carbonyl (C=O) groups excluding carboxylic acids is 1. The topological polar surface area (TPSA) is 97.6 Å². The average Bonchev–Trinajstić information content (AvgIpc) is 3.33. The number of methoxy groups -OCH3 is 3. The van der Waals surface area contributed by atoms with Crippen molar-refractivity contribution < 1.29 is 28.5 Å². The molecule has 9 nitrogen and oxygen atoms in total. The molecule has 47 heavy (non-hydrogen) atoms. The van der Waals surface area contributed by atoms with E-state index < -0.39 is 12.0 Å². The van der Waals surface area contributed by atoms with Crippen molar-refractivity contribution in [3.63, 3.8) is 0 Å². The number of carbonyl (C=O) groups is 1. The van der Waals surface area contributed by atoms with Crippen LogP contribution >= 0.6 is 62.1 Å². The van der Waals surface area contributed by atoms with Gasteiger partial charge in [-0.3, -0.25) is 9.36 Å². The Labute approximate surface area is 297 Å². The van der Waals surface area contributed by atoms with Crippen LogP contribution in [0.25, 0.3) is 6.08 Å². The fourth-order valence-corrected chi connectivity index (χ4v) is 7.39. The first-order valence-electron chi connectivity index (χ1n) is 14.1. The molecule has 2 heterocycles. The van der Waals surface area contributed by atoms with Crippen LogP contribution in [0.15, 0.2) is 68.0 Å². The Morgan fingerprint density at radius 1 is 1.00 bits per heavy atom. The zero-order valence-corrected chi connectivity index (χ0v) is 30.5. The lowest BCUT2D eigenvalue weighted by atomic mass is 9.95. The number of hydrogen-bond acceptors (Lipinski definition) is 9. The molecule has 1 aliphatic heterocycles. The van der Waals surface area contributed by atoms with E-state index in [1.54, 1.807) is 62.4 Å². The lowest BCUT2D eigenvalue weighted by Gasteiger charge is -2.26. The second-order valence-corrected chi connectivity index (χ2v) is 13.2. The minimum atomic E-state index is -0.879. The minimum absolute atomic E-state index is 0.123. The Hall–Kier alpha value is -3.48. The molecule has 0 fully saturated rings. The van der Waals surface area contributed by atoms with Crippen molar-refractivity contribution in [2.45, 2.75) is 26.5 Å². The third-order valence-corrected chi connectivity index (χ3v) is 9.79. The predicted molar refractivity (Wildman–Crippen MR) is 186 cm³/mol. The Kier molecular flexibility index (Phi) is 10.9. The van der Waals surface area contributed by atoms with Gasteiger partial charge in [0.05, 0.1) is 54.8 Å². The molecule has 0 amide bonds. The molecule has 4 aromatic rings. The number of benzene rings is 3. The fraction of sp³-hybridized carbons (Fsp3) is 0.242. The molecule has 1 aliphatic rings. The van der Waals surface area contributed by atoms with E-state index in [4.69, 9.17) is 58.5 Å². The Morgan fingerprint density at radius 2 is 1.70 bits per heavy atom. The van der Waals surface area contributed by atoms with Gasteiger partial charge in [0, 0.05) is 20.1 Å². The van der Waals surface area contributed by atoms with Crippen molar-refractivity contribution in [1.82, 2.24) is 4.57 Å². The van der Waals surface area contributed by atoms with Gasteiger partial charge in [-0.15, -0.1) is 0 Å². The van der Waals surface area contributed by atoms with Crippen LogP contribution in [0.4, 0.5) is 0 Å². The lowest BCUT2D eigenvalue weighted by Crippen LogP contribution is -2.40. The van der Waals surface area contributed by atoms with Gasteiger partial charge >= 0.3 is 5.97 Å². The Morgan fingerprint density at radius 3 is 2.36 bits per heavy atom. The highest BCUT2D eigenvalue weighted by Gasteiger charge is 2.35. The number of aromatic nitrogens is 1. The lowest BCUT2D eigenvalue weighted by molar-refractivity contribution is -0.139. The van der Waals surface area contributed by atoms with Gasteiger partial charge in [-0.1, -0.05) is 68.1 Å². The average molecular weight is 783 g/mol. The van der Waals surface area contributed by atoms with Gasteiger partial charge in [0.1, 0.15) is 6.61 Å². The molecular formula is C33H28BrCl3N2O7S. The number of thiazole rings is 1. The van der Waals surface area contributed by atoms with Gasteiger partial charge in [-0.2, -0.15) is 0 Å². The van der Waals surface area contributed by atoms with E-state index in [9.17, 15) is 9.59 Å². The number of halogens is 4. The van der Waals surface area contributed by atoms with Crippen molar-refractivity contribution in [2.75, 3.05) is 27.9 Å². The molecule has 0 unspecified atom stereocenters. The largest absolute Gasteiger partial charge is 0.493 e. The maximum Gasteiger partial charge on any atom is 0.338 e. The van der Waals surface area contributed by atoms with E-state index in [1.165, 1.54) is 37.2 Å². The summed E-state index contributed by atoms with van der Waals surface area (Å²) >= 11 is 23.8. The fourth-order valence-electron chi connectivity index (χ4n) is 5.07. The number of allylic oxidation sites excluding steroid dienone is 1. The Balaban J connectivity index is 1.62. The third-order valence-electron chi connectivity index (χ3n) is 7.25. The summed E-state index contributed by atoms with van der Waals surface area (Å²) in [4.78, 5) is 32.5. The van der Waals surface area contributed by atoms with Gasteiger partial charge in [-0.05, 0) is 67.4 Å². The van der Waals surface area contributed by atoms with Crippen LogP contribution in [-0.2, 0) is 16.1 Å². The first-order chi connectivity index (χ1) is 22.5. The molecule has 0 radical (unpaired) electrons. The van der Waals surface area contributed by atoms with Crippen LogP contribution in [0, 0.1) is 0 Å². The predicted octanol–water partition coefficient (Wildman–Crippen LogP) is 7.13. The highest BCUT2D eigenvalue weighted by atomic mass is 79.9. The van der Waals surface area contributed by atoms with Crippen molar-refractivity contribution in [3.05, 3.63) is 110 Å². The number of nitrogens with zero attached hydrogens (tertiary/aromatic N) is 2. The minimum Gasteiger partial charge on any atom is -0.493 e. The first kappa shape index (κ1) is 34.8. The molecule has 0 N–H and O–H groups in total. The number of hydrogen-bond donors (Lipinski definition) is 0. The smallest absolute Gasteiger partial charge is 0.338 e. The van der Waals surface area contributed by atoms with Crippen molar-refractivity contribution in [1.29, 1.82) is 0 Å². The summed E-state index contributed by atoms with van der Waals surface area (Å²) < 4.78 is 30.4. The van der Waals surface area contributed by atoms with Gasteiger partial charge < -0.3 is 23.7 Å². The molecule has 0 aliphatic carbocycles. The second kappa shape index (κ2) is 14.7. The third kappa shape index (κ3) is 7.05. The van der Waals surface area contributed by atoms with Crippen LogP contribution < -0.4 is 33.8 Å². The summed E-state index contributed by atoms with van der Waals surface area (Å²) in [5, 5.41) is 1.24. The summed E-state index contributed by atoms with van der Waals surface area (Å²) in [6.45, 7) is 3.70. The van der Waals surface area contributed by atoms with E-state index >= 15 is 0 Å². The summed E-state index contributed by atoms with van der Waals surface area (Å²) in [5.41, 5.74) is 2.16. The van der Waals surface area contributed by atoms with Crippen LogP contribution in [0.1, 0.15) is 36.6 Å². The van der Waals surface area contributed by atoms with E-state index in [-0.39, 0.29) is 29.4 Å². The zero-order chi connectivity index (χ0) is 34.0. The van der Waals surface area contributed by atoms with Crippen LogP contribution in [0.3, 0.4) is 0 Å². The monoisotopic (exact) mass is 780 g/mol. The van der Waals surface area contributed by atoms with Crippen LogP contribution in [0.2, 0.25) is 15.1 Å². The van der Waals surface area contributed by atoms with Gasteiger partial charge in [0.25, 0.3) is 5.56 Å². The van der Waals surface area contributed by atoms with Gasteiger partial charge in [0.15, 0.2) is 27.8 Å². The van der Waals surface area contributed by atoms with E-state index in [0.717, 1.165) is 0 Å². The van der Waals surface area contributed by atoms with Crippen LogP contribution in [0.5, 0.6) is 23.0 Å². The maximum atomic E-state index is 14.2. The Bertz CT molecular complexity index is 2090. The van der Waals surface area contributed by atoms with Gasteiger partial charge in [-0.25, -0.2) is 9.79 Å². The molecule has 1 atom stereocenters. The van der Waals surface area contributed by atoms with Crippen LogP contribution in [-0.4, -0.2) is 38.5 Å². The normalized spacial score (nSPS) is 14.4.